The van der Waals surface area contributed by atoms with E-state index in [1.165, 1.54) is 0 Å². The van der Waals surface area contributed by atoms with Gasteiger partial charge >= 0.3 is 12.0 Å². The third-order valence-corrected chi connectivity index (χ3v) is 3.95. The van der Waals surface area contributed by atoms with Gasteiger partial charge in [-0.1, -0.05) is 20.3 Å². The third kappa shape index (κ3) is 3.61. The Hall–Kier alpha value is -1.26. The van der Waals surface area contributed by atoms with Crippen LogP contribution in [0.4, 0.5) is 4.79 Å². The van der Waals surface area contributed by atoms with Crippen molar-refractivity contribution in [2.45, 2.75) is 58.0 Å². The lowest BCUT2D eigenvalue weighted by Crippen LogP contribution is -2.49. The van der Waals surface area contributed by atoms with Crippen molar-refractivity contribution in [1.82, 2.24) is 10.2 Å². The van der Waals surface area contributed by atoms with Gasteiger partial charge in [0.1, 0.15) is 0 Å². The van der Waals surface area contributed by atoms with E-state index in [1.54, 1.807) is 0 Å². The molecular weight excluding hydrogens is 244 g/mol. The van der Waals surface area contributed by atoms with Crippen LogP contribution in [0.1, 0.15) is 46.0 Å². The van der Waals surface area contributed by atoms with Crippen molar-refractivity contribution in [1.29, 1.82) is 0 Å². The van der Waals surface area contributed by atoms with E-state index in [9.17, 15) is 9.59 Å². The molecule has 5 heteroatoms. The lowest BCUT2D eigenvalue weighted by molar-refractivity contribution is -0.142. The van der Waals surface area contributed by atoms with Gasteiger partial charge in [0.15, 0.2) is 0 Å². The van der Waals surface area contributed by atoms with Gasteiger partial charge in [0.05, 0.1) is 5.92 Å². The summed E-state index contributed by atoms with van der Waals surface area (Å²) in [6, 6.07) is 0.0971. The summed E-state index contributed by atoms with van der Waals surface area (Å²) >= 11 is 0. The first-order valence-electron chi connectivity index (χ1n) is 7.29. The molecule has 0 aromatic rings. The molecule has 2 aliphatic carbocycles. The highest BCUT2D eigenvalue weighted by molar-refractivity contribution is 5.77. The maximum Gasteiger partial charge on any atom is 0.317 e. The Balaban J connectivity index is 1.92. The smallest absolute Gasteiger partial charge is 0.317 e. The molecule has 0 aromatic heterocycles. The lowest BCUT2D eigenvalue weighted by atomic mass is 10.0. The van der Waals surface area contributed by atoms with E-state index in [-0.39, 0.29) is 12.1 Å². The highest BCUT2D eigenvalue weighted by Crippen LogP contribution is 2.29. The van der Waals surface area contributed by atoms with Gasteiger partial charge in [-0.15, -0.1) is 0 Å². The van der Waals surface area contributed by atoms with Gasteiger partial charge in [-0.2, -0.15) is 0 Å². The van der Waals surface area contributed by atoms with Crippen LogP contribution in [-0.4, -0.2) is 40.6 Å². The predicted octanol–water partition coefficient (Wildman–Crippen LogP) is 2.07. The second-order valence-electron chi connectivity index (χ2n) is 6.21. The molecule has 0 heterocycles. The van der Waals surface area contributed by atoms with Crippen molar-refractivity contribution in [3.63, 3.8) is 0 Å². The van der Waals surface area contributed by atoms with Crippen LogP contribution >= 0.6 is 0 Å². The number of nitrogens with one attached hydrogen (secondary N) is 1. The summed E-state index contributed by atoms with van der Waals surface area (Å²) in [6.45, 7) is 4.94. The minimum absolute atomic E-state index is 0.0747. The zero-order chi connectivity index (χ0) is 14.0. The van der Waals surface area contributed by atoms with Crippen molar-refractivity contribution < 1.29 is 14.7 Å². The Morgan fingerprint density at radius 3 is 2.47 bits per heavy atom. The average molecular weight is 268 g/mol. The summed E-state index contributed by atoms with van der Waals surface area (Å²) in [5.74, 6) is -0.765. The fourth-order valence-electron chi connectivity index (χ4n) is 2.85. The summed E-state index contributed by atoms with van der Waals surface area (Å²) in [5, 5.41) is 12.1. The van der Waals surface area contributed by atoms with Crippen LogP contribution in [0.3, 0.4) is 0 Å². The van der Waals surface area contributed by atoms with Crippen LogP contribution in [0, 0.1) is 11.8 Å². The van der Waals surface area contributed by atoms with Gasteiger partial charge in [0.2, 0.25) is 0 Å². The third-order valence-electron chi connectivity index (χ3n) is 3.95. The first-order chi connectivity index (χ1) is 8.99. The molecule has 0 saturated heterocycles. The topological polar surface area (TPSA) is 69.6 Å². The number of rotatable bonds is 5. The molecule has 0 spiro atoms. The molecular formula is C14H24N2O3. The minimum Gasteiger partial charge on any atom is -0.481 e. The molecule has 2 saturated carbocycles. The summed E-state index contributed by atoms with van der Waals surface area (Å²) in [6.07, 6.45) is 4.49. The second-order valence-corrected chi connectivity index (χ2v) is 6.21. The summed E-state index contributed by atoms with van der Waals surface area (Å²) < 4.78 is 0. The lowest BCUT2D eigenvalue weighted by Gasteiger charge is -2.27. The predicted molar refractivity (Wildman–Crippen MR) is 71.9 cm³/mol. The highest BCUT2D eigenvalue weighted by Gasteiger charge is 2.37. The quantitative estimate of drug-likeness (QED) is 0.802. The molecule has 2 atom stereocenters. The number of carboxylic acids is 1. The van der Waals surface area contributed by atoms with E-state index in [0.29, 0.717) is 18.4 Å². The number of carbonyl (C=O) groups excluding carboxylic acids is 1. The number of carbonyl (C=O) groups is 2. The van der Waals surface area contributed by atoms with Crippen LogP contribution in [0.2, 0.25) is 0 Å². The number of hydrogen-bond donors (Lipinski definition) is 2. The van der Waals surface area contributed by atoms with Gasteiger partial charge in [-0.3, -0.25) is 4.79 Å². The van der Waals surface area contributed by atoms with Crippen molar-refractivity contribution in [2.24, 2.45) is 11.8 Å². The number of urea groups is 1. The standard InChI is InChI=1S/C14H24N2O3/c1-9(2)8-16(10-6-7-10)14(19)15-12-5-3-4-11(12)13(17)18/h9-12H,3-8H2,1-2H3,(H,15,19)(H,17,18). The van der Waals surface area contributed by atoms with Gasteiger partial charge < -0.3 is 15.3 Å². The number of carboxylic acid groups (broad SMARTS) is 1. The largest absolute Gasteiger partial charge is 0.481 e. The minimum atomic E-state index is -0.787. The summed E-state index contributed by atoms with van der Waals surface area (Å²) in [4.78, 5) is 25.3. The van der Waals surface area contributed by atoms with Gasteiger partial charge in [-0.05, 0) is 31.6 Å². The Kier molecular flexibility index (Phi) is 4.32. The number of aliphatic carboxylic acids is 1. The van der Waals surface area contributed by atoms with Crippen LogP contribution in [0.5, 0.6) is 0 Å². The maximum absolute atomic E-state index is 12.3. The van der Waals surface area contributed by atoms with Crippen LogP contribution < -0.4 is 5.32 Å². The first kappa shape index (κ1) is 14.2. The normalized spacial score (nSPS) is 26.5. The average Bonchev–Trinajstić information content (AvgIpc) is 3.05. The Bertz CT molecular complexity index is 353. The monoisotopic (exact) mass is 268 g/mol. The summed E-state index contributed by atoms with van der Waals surface area (Å²) in [7, 11) is 0. The van der Waals surface area contributed by atoms with Crippen molar-refractivity contribution >= 4 is 12.0 Å². The van der Waals surface area contributed by atoms with E-state index in [2.05, 4.69) is 19.2 Å². The maximum atomic E-state index is 12.3. The Morgan fingerprint density at radius 1 is 1.26 bits per heavy atom. The molecule has 2 amide bonds. The molecule has 0 aromatic carbocycles. The molecule has 2 aliphatic rings. The van der Waals surface area contributed by atoms with E-state index in [4.69, 9.17) is 5.11 Å². The van der Waals surface area contributed by atoms with Crippen molar-refractivity contribution in [3.05, 3.63) is 0 Å². The molecule has 0 bridgehead atoms. The van der Waals surface area contributed by atoms with E-state index in [1.807, 2.05) is 4.90 Å². The highest BCUT2D eigenvalue weighted by atomic mass is 16.4. The molecule has 2 unspecified atom stereocenters. The fourth-order valence-corrected chi connectivity index (χ4v) is 2.85. The fraction of sp³-hybridized carbons (Fsp3) is 0.857. The number of nitrogens with zero attached hydrogens (tertiary/aromatic N) is 1. The molecule has 2 rings (SSSR count). The molecule has 0 aliphatic heterocycles. The first-order valence-corrected chi connectivity index (χ1v) is 7.29. The molecule has 108 valence electrons. The zero-order valence-corrected chi connectivity index (χ0v) is 11.8. The van der Waals surface area contributed by atoms with E-state index >= 15 is 0 Å². The molecule has 2 fully saturated rings. The summed E-state index contributed by atoms with van der Waals surface area (Å²) in [5.41, 5.74) is 0. The van der Waals surface area contributed by atoms with Crippen LogP contribution in [0.15, 0.2) is 0 Å². The number of hydrogen-bond acceptors (Lipinski definition) is 2. The van der Waals surface area contributed by atoms with Gasteiger partial charge in [-0.25, -0.2) is 4.79 Å². The molecule has 0 radical (unpaired) electrons. The molecule has 5 nitrogen and oxygen atoms in total. The van der Waals surface area contributed by atoms with Crippen LogP contribution in [-0.2, 0) is 4.79 Å². The molecule has 19 heavy (non-hydrogen) atoms. The SMILES string of the molecule is CC(C)CN(C(=O)NC1CCCC1C(=O)O)C1CC1. The Labute approximate surface area is 114 Å². The zero-order valence-electron chi connectivity index (χ0n) is 11.8. The van der Waals surface area contributed by atoms with Crippen LogP contribution in [0.25, 0.3) is 0 Å². The van der Waals surface area contributed by atoms with Gasteiger partial charge in [0, 0.05) is 18.6 Å². The van der Waals surface area contributed by atoms with Crippen molar-refractivity contribution in [3.8, 4) is 0 Å². The van der Waals surface area contributed by atoms with Crippen molar-refractivity contribution in [2.75, 3.05) is 6.54 Å². The van der Waals surface area contributed by atoms with E-state index in [0.717, 1.165) is 32.2 Å². The van der Waals surface area contributed by atoms with Gasteiger partial charge in [0.25, 0.3) is 0 Å². The number of amides is 2. The van der Waals surface area contributed by atoms with E-state index < -0.39 is 11.9 Å². The Morgan fingerprint density at radius 2 is 1.95 bits per heavy atom. The second kappa shape index (κ2) is 5.80. The molecule has 2 N–H and O–H groups in total.